The third-order valence-electron chi connectivity index (χ3n) is 6.26. The average Bonchev–Trinajstić information content (AvgIpc) is 3.06. The van der Waals surface area contributed by atoms with Crippen molar-refractivity contribution < 1.29 is 33.4 Å². The lowest BCUT2D eigenvalue weighted by Crippen LogP contribution is -2.49. The van der Waals surface area contributed by atoms with Crippen molar-refractivity contribution in [2.75, 3.05) is 32.9 Å². The average molecular weight is 476 g/mol. The van der Waals surface area contributed by atoms with Gasteiger partial charge >= 0.3 is 12.0 Å². The molecule has 1 saturated heterocycles. The number of ether oxygens (including phenoxy) is 3. The normalized spacial score (nSPS) is 21.8. The molecule has 186 valence electrons. The van der Waals surface area contributed by atoms with Crippen molar-refractivity contribution >= 4 is 23.8 Å². The summed E-state index contributed by atoms with van der Waals surface area (Å²) < 4.78 is 15.8. The van der Waals surface area contributed by atoms with Crippen LogP contribution in [0.15, 0.2) is 24.3 Å². The molecule has 10 nitrogen and oxygen atoms in total. The zero-order valence-electron chi connectivity index (χ0n) is 19.8. The number of benzene rings is 1. The zero-order chi connectivity index (χ0) is 24.6. The number of amides is 4. The van der Waals surface area contributed by atoms with Crippen LogP contribution in [0.25, 0.3) is 0 Å². The summed E-state index contributed by atoms with van der Waals surface area (Å²) in [5.41, 5.74) is -0.913. The highest BCUT2D eigenvalue weighted by molar-refractivity contribution is 6.08. The zero-order valence-corrected chi connectivity index (χ0v) is 19.8. The molecule has 3 rings (SSSR count). The van der Waals surface area contributed by atoms with Gasteiger partial charge < -0.3 is 24.8 Å². The van der Waals surface area contributed by atoms with Gasteiger partial charge in [0.15, 0.2) is 6.61 Å². The summed E-state index contributed by atoms with van der Waals surface area (Å²) in [4.78, 5) is 50.1. The Balaban J connectivity index is 1.34. The summed E-state index contributed by atoms with van der Waals surface area (Å²) in [5.74, 6) is 0.230. The Labute approximate surface area is 199 Å². The van der Waals surface area contributed by atoms with Gasteiger partial charge in [0, 0.05) is 0 Å². The van der Waals surface area contributed by atoms with E-state index >= 15 is 0 Å². The summed E-state index contributed by atoms with van der Waals surface area (Å²) >= 11 is 0. The lowest BCUT2D eigenvalue weighted by molar-refractivity contribution is -0.151. The Morgan fingerprint density at radius 2 is 1.74 bits per heavy atom. The first kappa shape index (κ1) is 25.3. The predicted molar refractivity (Wildman–Crippen MR) is 122 cm³/mol. The molecule has 1 aromatic carbocycles. The molecule has 1 heterocycles. The van der Waals surface area contributed by atoms with Gasteiger partial charge in [-0.15, -0.1) is 0 Å². The van der Waals surface area contributed by atoms with Crippen molar-refractivity contribution in [2.24, 2.45) is 5.92 Å². The lowest BCUT2D eigenvalue weighted by atomic mass is 9.75. The van der Waals surface area contributed by atoms with Gasteiger partial charge in [-0.2, -0.15) is 0 Å². The number of carbonyl (C=O) groups excluding carboxylic acids is 4. The molecule has 1 aromatic rings. The number of hydrogen-bond donors (Lipinski definition) is 2. The number of urea groups is 1. The monoisotopic (exact) mass is 475 g/mol. The van der Waals surface area contributed by atoms with Gasteiger partial charge in [-0.3, -0.25) is 19.3 Å². The van der Waals surface area contributed by atoms with E-state index in [1.165, 1.54) is 0 Å². The minimum absolute atomic E-state index is 0.220. The van der Waals surface area contributed by atoms with Crippen molar-refractivity contribution in [3.05, 3.63) is 24.3 Å². The number of nitrogens with zero attached hydrogens (tertiary/aromatic N) is 1. The van der Waals surface area contributed by atoms with Crippen LogP contribution in [0.1, 0.15) is 46.0 Å². The second-order valence-corrected chi connectivity index (χ2v) is 8.52. The molecule has 0 unspecified atom stereocenters. The first-order chi connectivity index (χ1) is 16.4. The number of hydrogen-bond acceptors (Lipinski definition) is 7. The fourth-order valence-corrected chi connectivity index (χ4v) is 4.27. The van der Waals surface area contributed by atoms with Crippen molar-refractivity contribution in [3.8, 4) is 11.5 Å². The summed E-state index contributed by atoms with van der Waals surface area (Å²) in [7, 11) is 0. The first-order valence-corrected chi connectivity index (χ1v) is 11.8. The molecule has 1 saturated carbocycles. The Morgan fingerprint density at radius 1 is 1.09 bits per heavy atom. The second kappa shape index (κ2) is 11.7. The second-order valence-electron chi connectivity index (χ2n) is 8.52. The van der Waals surface area contributed by atoms with Gasteiger partial charge in [0.05, 0.1) is 13.2 Å². The Hall–Kier alpha value is -3.30. The molecule has 1 spiro atoms. The van der Waals surface area contributed by atoms with E-state index < -0.39 is 36.6 Å². The van der Waals surface area contributed by atoms with E-state index in [0.29, 0.717) is 31.1 Å². The van der Waals surface area contributed by atoms with Crippen LogP contribution in [0.3, 0.4) is 0 Å². The largest absolute Gasteiger partial charge is 0.494 e. The minimum atomic E-state index is -0.913. The summed E-state index contributed by atoms with van der Waals surface area (Å²) in [5, 5.41) is 5.35. The quantitative estimate of drug-likeness (QED) is 0.285. The van der Waals surface area contributed by atoms with Crippen molar-refractivity contribution in [3.63, 3.8) is 0 Å². The van der Waals surface area contributed by atoms with Gasteiger partial charge in [0.2, 0.25) is 0 Å². The molecule has 10 heteroatoms. The highest BCUT2D eigenvalue weighted by atomic mass is 16.5. The number of esters is 1. The van der Waals surface area contributed by atoms with Gasteiger partial charge in [-0.05, 0) is 62.8 Å². The standard InChI is InChI=1S/C24H33N3O7/c1-3-17-9-11-24(12-10-17)22(30)27(23(31)26-24)15-21(29)34-16-20(28)25-13-14-33-19-7-5-18(6-8-19)32-4-2/h5-8,17H,3-4,9-16H2,1-2H3,(H,25,28)(H,26,31). The van der Waals surface area contributed by atoms with Gasteiger partial charge in [0.25, 0.3) is 11.8 Å². The third kappa shape index (κ3) is 6.39. The summed E-state index contributed by atoms with van der Waals surface area (Å²) in [6.45, 7) is 4.03. The molecule has 2 N–H and O–H groups in total. The predicted octanol–water partition coefficient (Wildman–Crippen LogP) is 2.01. The molecular weight excluding hydrogens is 442 g/mol. The lowest BCUT2D eigenvalue weighted by Gasteiger charge is -2.34. The third-order valence-corrected chi connectivity index (χ3v) is 6.26. The number of rotatable bonds is 11. The fourth-order valence-electron chi connectivity index (χ4n) is 4.27. The molecular formula is C24H33N3O7. The molecule has 2 aliphatic rings. The van der Waals surface area contributed by atoms with Crippen LogP contribution in [0.4, 0.5) is 4.79 Å². The van der Waals surface area contributed by atoms with Crippen molar-refractivity contribution in [2.45, 2.75) is 51.5 Å². The number of carbonyl (C=O) groups is 4. The topological polar surface area (TPSA) is 123 Å². The van der Waals surface area contributed by atoms with Crippen LogP contribution >= 0.6 is 0 Å². The van der Waals surface area contributed by atoms with Crippen LogP contribution in [0.5, 0.6) is 11.5 Å². The highest BCUT2D eigenvalue weighted by Gasteiger charge is 2.52. The number of nitrogens with one attached hydrogen (secondary N) is 2. The minimum Gasteiger partial charge on any atom is -0.494 e. The molecule has 34 heavy (non-hydrogen) atoms. The van der Waals surface area contributed by atoms with Crippen LogP contribution in [0.2, 0.25) is 0 Å². The molecule has 0 aromatic heterocycles. The maximum absolute atomic E-state index is 12.8. The molecule has 0 atom stereocenters. The molecule has 2 fully saturated rings. The molecule has 0 radical (unpaired) electrons. The Kier molecular flexibility index (Phi) is 8.72. The number of imide groups is 1. The smallest absolute Gasteiger partial charge is 0.326 e. The molecule has 4 amide bonds. The van der Waals surface area contributed by atoms with E-state index in [9.17, 15) is 19.2 Å². The molecule has 0 bridgehead atoms. The maximum atomic E-state index is 12.8. The molecule has 1 aliphatic carbocycles. The van der Waals surface area contributed by atoms with Crippen molar-refractivity contribution in [1.82, 2.24) is 15.5 Å². The Morgan fingerprint density at radius 3 is 2.35 bits per heavy atom. The van der Waals surface area contributed by atoms with Gasteiger partial charge in [-0.1, -0.05) is 13.3 Å². The van der Waals surface area contributed by atoms with Gasteiger partial charge in [0.1, 0.15) is 30.2 Å². The molecule has 1 aliphatic heterocycles. The van der Waals surface area contributed by atoms with Crippen LogP contribution in [-0.4, -0.2) is 67.2 Å². The van der Waals surface area contributed by atoms with E-state index in [1.807, 2.05) is 6.92 Å². The van der Waals surface area contributed by atoms with Crippen molar-refractivity contribution in [1.29, 1.82) is 0 Å². The van der Waals surface area contributed by atoms with Crippen LogP contribution in [-0.2, 0) is 19.1 Å². The van der Waals surface area contributed by atoms with E-state index in [-0.39, 0.29) is 19.1 Å². The SMILES string of the molecule is CCOc1ccc(OCCNC(=O)COC(=O)CN2C(=O)NC3(CCC(CC)CC3)C2=O)cc1. The van der Waals surface area contributed by atoms with Gasteiger partial charge in [-0.25, -0.2) is 4.79 Å². The van der Waals surface area contributed by atoms with E-state index in [2.05, 4.69) is 17.6 Å². The van der Waals surface area contributed by atoms with E-state index in [0.717, 1.165) is 29.9 Å². The Bertz CT molecular complexity index is 879. The van der Waals surface area contributed by atoms with E-state index in [1.54, 1.807) is 24.3 Å². The summed E-state index contributed by atoms with van der Waals surface area (Å²) in [6, 6.07) is 6.53. The fraction of sp³-hybridized carbons (Fsp3) is 0.583. The van der Waals surface area contributed by atoms with Crippen LogP contribution < -0.4 is 20.1 Å². The highest BCUT2D eigenvalue weighted by Crippen LogP contribution is 2.37. The maximum Gasteiger partial charge on any atom is 0.326 e. The first-order valence-electron chi connectivity index (χ1n) is 11.8. The van der Waals surface area contributed by atoms with E-state index in [4.69, 9.17) is 14.2 Å². The van der Waals surface area contributed by atoms with Crippen LogP contribution in [0, 0.1) is 5.92 Å². The summed E-state index contributed by atoms with van der Waals surface area (Å²) in [6.07, 6.45) is 3.92.